The number of hydrogen-bond donors (Lipinski definition) is 0. The van der Waals surface area contributed by atoms with Gasteiger partial charge in [-0.2, -0.15) is 11.1 Å². The van der Waals surface area contributed by atoms with E-state index in [-0.39, 0.29) is 12.9 Å². The molecule has 0 spiro atoms. The van der Waals surface area contributed by atoms with Crippen molar-refractivity contribution in [2.24, 2.45) is 0 Å². The first kappa shape index (κ1) is 11.3. The Morgan fingerprint density at radius 1 is 1.33 bits per heavy atom. The minimum atomic E-state index is -1.79. The second-order valence-electron chi connectivity index (χ2n) is 4.23. The SMILES string of the molecule is C[Si](C)(Cl)C1C=CC=CN1B1OCCO1. The molecular formula is C9H15BClNO2Si. The van der Waals surface area contributed by atoms with E-state index in [9.17, 15) is 0 Å². The molecule has 1 unspecified atom stereocenters. The van der Waals surface area contributed by atoms with Crippen LogP contribution in [0.3, 0.4) is 0 Å². The van der Waals surface area contributed by atoms with Gasteiger partial charge in [-0.15, -0.1) is 0 Å². The first-order valence-electron chi connectivity index (χ1n) is 5.13. The Hall–Kier alpha value is -0.228. The average molecular weight is 244 g/mol. The van der Waals surface area contributed by atoms with Crippen LogP contribution in [0.1, 0.15) is 0 Å². The number of hydrogen-bond acceptors (Lipinski definition) is 3. The van der Waals surface area contributed by atoms with Gasteiger partial charge in [-0.1, -0.05) is 25.2 Å². The van der Waals surface area contributed by atoms with Gasteiger partial charge < -0.3 is 14.1 Å². The molecule has 2 heterocycles. The van der Waals surface area contributed by atoms with E-state index in [1.165, 1.54) is 0 Å². The normalized spacial score (nSPS) is 26.5. The van der Waals surface area contributed by atoms with Gasteiger partial charge in [0.2, 0.25) is 0 Å². The van der Waals surface area contributed by atoms with Crippen LogP contribution in [0.15, 0.2) is 24.4 Å². The number of rotatable bonds is 2. The third-order valence-electron chi connectivity index (χ3n) is 2.53. The highest BCUT2D eigenvalue weighted by Gasteiger charge is 2.41. The van der Waals surface area contributed by atoms with Crippen molar-refractivity contribution in [1.82, 2.24) is 4.81 Å². The fourth-order valence-electron chi connectivity index (χ4n) is 1.81. The molecule has 1 saturated heterocycles. The van der Waals surface area contributed by atoms with Gasteiger partial charge in [-0.3, -0.25) is 0 Å². The zero-order valence-corrected chi connectivity index (χ0v) is 10.8. The lowest BCUT2D eigenvalue weighted by Crippen LogP contribution is -2.53. The molecule has 2 rings (SSSR count). The van der Waals surface area contributed by atoms with Crippen LogP contribution in [0.4, 0.5) is 0 Å². The van der Waals surface area contributed by atoms with Gasteiger partial charge in [0, 0.05) is 5.67 Å². The van der Waals surface area contributed by atoms with E-state index < -0.39 is 7.38 Å². The van der Waals surface area contributed by atoms with Crippen molar-refractivity contribution < 1.29 is 9.31 Å². The van der Waals surface area contributed by atoms with Crippen LogP contribution in [0.5, 0.6) is 0 Å². The first-order chi connectivity index (χ1) is 7.09. The van der Waals surface area contributed by atoms with E-state index in [1.807, 2.05) is 18.4 Å². The summed E-state index contributed by atoms with van der Waals surface area (Å²) >= 11 is 6.49. The van der Waals surface area contributed by atoms with Crippen LogP contribution in [0.2, 0.25) is 13.1 Å². The predicted octanol–water partition coefficient (Wildman–Crippen LogP) is 1.76. The monoisotopic (exact) mass is 243 g/mol. The van der Waals surface area contributed by atoms with Gasteiger partial charge >= 0.3 is 7.25 Å². The highest BCUT2D eigenvalue weighted by Crippen LogP contribution is 2.25. The second kappa shape index (κ2) is 4.33. The van der Waals surface area contributed by atoms with Crippen LogP contribution in [0.25, 0.3) is 0 Å². The van der Waals surface area contributed by atoms with E-state index in [4.69, 9.17) is 20.4 Å². The fourth-order valence-corrected chi connectivity index (χ4v) is 3.86. The molecule has 0 N–H and O–H groups in total. The van der Waals surface area contributed by atoms with Gasteiger partial charge in [-0.05, 0) is 12.3 Å². The largest absolute Gasteiger partial charge is 0.593 e. The third kappa shape index (κ3) is 2.47. The van der Waals surface area contributed by atoms with Gasteiger partial charge in [0.15, 0.2) is 7.38 Å². The Morgan fingerprint density at radius 2 is 2.00 bits per heavy atom. The smallest absolute Gasteiger partial charge is 0.389 e. The molecule has 2 aliphatic rings. The molecule has 6 heteroatoms. The number of halogens is 1. The summed E-state index contributed by atoms with van der Waals surface area (Å²) in [7, 11) is -2.05. The molecule has 82 valence electrons. The molecule has 2 aliphatic heterocycles. The molecule has 0 radical (unpaired) electrons. The molecule has 0 aliphatic carbocycles. The highest BCUT2D eigenvalue weighted by molar-refractivity contribution is 7.20. The zero-order chi connectivity index (χ0) is 10.9. The van der Waals surface area contributed by atoms with Crippen molar-refractivity contribution in [1.29, 1.82) is 0 Å². The quantitative estimate of drug-likeness (QED) is 0.545. The van der Waals surface area contributed by atoms with Crippen molar-refractivity contribution >= 4 is 25.7 Å². The second-order valence-corrected chi connectivity index (χ2v) is 10.9. The molecule has 0 aromatic carbocycles. The van der Waals surface area contributed by atoms with Gasteiger partial charge in [0.25, 0.3) is 0 Å². The third-order valence-corrected chi connectivity index (χ3v) is 5.10. The van der Waals surface area contributed by atoms with Gasteiger partial charge in [-0.25, -0.2) is 0 Å². The van der Waals surface area contributed by atoms with Crippen LogP contribution in [0, 0.1) is 0 Å². The van der Waals surface area contributed by atoms with Crippen molar-refractivity contribution in [2.75, 3.05) is 13.2 Å². The summed E-state index contributed by atoms with van der Waals surface area (Å²) in [6.07, 6.45) is 8.15. The van der Waals surface area contributed by atoms with Crippen molar-refractivity contribution in [3.63, 3.8) is 0 Å². The van der Waals surface area contributed by atoms with E-state index in [1.54, 1.807) is 0 Å². The minimum Gasteiger partial charge on any atom is -0.389 e. The van der Waals surface area contributed by atoms with Crippen molar-refractivity contribution in [2.45, 2.75) is 18.8 Å². The molecule has 3 nitrogen and oxygen atoms in total. The topological polar surface area (TPSA) is 21.7 Å². The minimum absolute atomic E-state index is 0.229. The summed E-state index contributed by atoms with van der Waals surface area (Å²) in [6, 6.07) is 0. The van der Waals surface area contributed by atoms with Crippen molar-refractivity contribution in [3.05, 3.63) is 24.4 Å². The Morgan fingerprint density at radius 3 is 2.60 bits per heavy atom. The maximum Gasteiger partial charge on any atom is 0.593 e. The molecule has 1 atom stereocenters. The zero-order valence-electron chi connectivity index (χ0n) is 9.02. The lowest BCUT2D eigenvalue weighted by molar-refractivity contribution is 0.295. The molecule has 15 heavy (non-hydrogen) atoms. The van der Waals surface area contributed by atoms with E-state index in [2.05, 4.69) is 24.0 Å². The van der Waals surface area contributed by atoms with E-state index in [0.29, 0.717) is 13.2 Å². The predicted molar refractivity (Wildman–Crippen MR) is 64.9 cm³/mol. The molecule has 0 amide bonds. The summed E-state index contributed by atoms with van der Waals surface area (Å²) in [5.41, 5.74) is 0.229. The summed E-state index contributed by atoms with van der Waals surface area (Å²) in [5.74, 6) is 0. The van der Waals surface area contributed by atoms with E-state index in [0.717, 1.165) is 0 Å². The van der Waals surface area contributed by atoms with Gasteiger partial charge in [0.1, 0.15) is 0 Å². The maximum absolute atomic E-state index is 6.49. The van der Waals surface area contributed by atoms with Crippen LogP contribution in [-0.4, -0.2) is 38.3 Å². The Bertz CT molecular complexity index is 286. The van der Waals surface area contributed by atoms with Gasteiger partial charge in [0.05, 0.1) is 13.2 Å². The van der Waals surface area contributed by atoms with Crippen molar-refractivity contribution in [3.8, 4) is 0 Å². The lowest BCUT2D eigenvalue weighted by Gasteiger charge is -2.36. The fraction of sp³-hybridized carbons (Fsp3) is 0.556. The molecular weight excluding hydrogens is 228 g/mol. The maximum atomic E-state index is 6.49. The highest BCUT2D eigenvalue weighted by atomic mass is 35.6. The van der Waals surface area contributed by atoms with E-state index >= 15 is 0 Å². The lowest BCUT2D eigenvalue weighted by atomic mass is 10.0. The number of nitrogens with zero attached hydrogens (tertiary/aromatic N) is 1. The summed E-state index contributed by atoms with van der Waals surface area (Å²) < 4.78 is 11.0. The summed E-state index contributed by atoms with van der Waals surface area (Å²) in [6.45, 7) is 5.58. The molecule has 0 saturated carbocycles. The molecule has 0 aromatic rings. The summed E-state index contributed by atoms with van der Waals surface area (Å²) in [4.78, 5) is 2.08. The van der Waals surface area contributed by atoms with Crippen LogP contribution >= 0.6 is 11.1 Å². The average Bonchev–Trinajstić information content (AvgIpc) is 2.69. The standard InChI is InChI=1S/C9H15BClNO2Si/c1-15(2,11)9-5-3-4-6-12(9)10-13-7-8-14-10/h3-6,9H,7-8H2,1-2H3. The first-order valence-corrected chi connectivity index (χ1v) is 9.22. The molecule has 1 fully saturated rings. The van der Waals surface area contributed by atoms with Crippen LogP contribution < -0.4 is 0 Å². The summed E-state index contributed by atoms with van der Waals surface area (Å²) in [5, 5.41) is 0. The molecule has 0 aromatic heterocycles. The Labute approximate surface area is 96.6 Å². The van der Waals surface area contributed by atoms with Crippen LogP contribution in [-0.2, 0) is 9.31 Å². The number of allylic oxidation sites excluding steroid dienone is 2. The Kier molecular flexibility index (Phi) is 3.25. The molecule has 0 bridgehead atoms. The Balaban J connectivity index is 2.14.